The number of ether oxygens (including phenoxy) is 1. The third-order valence-corrected chi connectivity index (χ3v) is 4.51. The maximum atomic E-state index is 11.2. The number of nitrogens with two attached hydrogens (primary N) is 1. The van der Waals surface area contributed by atoms with Crippen molar-refractivity contribution in [3.8, 4) is 5.75 Å². The lowest BCUT2D eigenvalue weighted by Crippen LogP contribution is -2.50. The van der Waals surface area contributed by atoms with Crippen molar-refractivity contribution in [2.75, 3.05) is 38.3 Å². The molecular formula is C13H20N4O3S. The number of nitrogens with zero attached hydrogens (tertiary/aromatic N) is 2. The van der Waals surface area contributed by atoms with E-state index in [4.69, 9.17) is 10.5 Å². The Morgan fingerprint density at radius 1 is 1.43 bits per heavy atom. The molecule has 0 saturated carbocycles. The van der Waals surface area contributed by atoms with Gasteiger partial charge in [-0.15, -0.1) is 0 Å². The lowest BCUT2D eigenvalue weighted by atomic mass is 10.0. The fourth-order valence-corrected chi connectivity index (χ4v) is 2.96. The number of rotatable bonds is 5. The first-order valence-corrected chi connectivity index (χ1v) is 8.39. The monoisotopic (exact) mass is 312 g/mol. The Morgan fingerprint density at radius 2 is 2.05 bits per heavy atom. The molecule has 1 aliphatic heterocycles. The second-order valence-corrected chi connectivity index (χ2v) is 7.01. The number of hydrogen-bond acceptors (Lipinski definition) is 4. The normalized spacial score (nSPS) is 17.3. The van der Waals surface area contributed by atoms with Crippen LogP contribution in [0.3, 0.4) is 0 Å². The molecule has 0 amide bonds. The highest BCUT2D eigenvalue weighted by Gasteiger charge is 2.32. The molecular weight excluding hydrogens is 292 g/mol. The minimum Gasteiger partial charge on any atom is -0.497 e. The smallest absolute Gasteiger partial charge is 0.211 e. The fourth-order valence-electron chi connectivity index (χ4n) is 2.00. The molecule has 0 unspecified atom stereocenters. The van der Waals surface area contributed by atoms with Gasteiger partial charge in [-0.05, 0) is 24.3 Å². The summed E-state index contributed by atoms with van der Waals surface area (Å²) in [5.74, 6) is 1.32. The Bertz CT molecular complexity index is 607. The van der Waals surface area contributed by atoms with E-state index in [-0.39, 0.29) is 5.92 Å². The Balaban J connectivity index is 1.80. The average Bonchev–Trinajstić information content (AvgIpc) is 2.36. The highest BCUT2D eigenvalue weighted by atomic mass is 32.2. The molecule has 0 aliphatic carbocycles. The van der Waals surface area contributed by atoms with E-state index in [2.05, 4.69) is 10.3 Å². The third-order valence-electron chi connectivity index (χ3n) is 3.27. The number of hydrogen-bond donors (Lipinski definition) is 2. The predicted molar refractivity (Wildman–Crippen MR) is 83.0 cm³/mol. The van der Waals surface area contributed by atoms with Crippen LogP contribution in [0, 0.1) is 5.92 Å². The first kappa shape index (κ1) is 15.6. The Morgan fingerprint density at radius 3 is 2.57 bits per heavy atom. The number of sulfonamides is 1. The first-order valence-electron chi connectivity index (χ1n) is 6.54. The quantitative estimate of drug-likeness (QED) is 0.602. The van der Waals surface area contributed by atoms with E-state index in [0.717, 1.165) is 11.4 Å². The van der Waals surface area contributed by atoms with Crippen molar-refractivity contribution in [2.24, 2.45) is 16.6 Å². The summed E-state index contributed by atoms with van der Waals surface area (Å²) < 4.78 is 29.0. The summed E-state index contributed by atoms with van der Waals surface area (Å²) in [5, 5.41) is 2.98. The van der Waals surface area contributed by atoms with Crippen molar-refractivity contribution < 1.29 is 13.2 Å². The summed E-state index contributed by atoms with van der Waals surface area (Å²) >= 11 is 0. The molecule has 2 rings (SSSR count). The van der Waals surface area contributed by atoms with Crippen LogP contribution >= 0.6 is 0 Å². The number of methoxy groups -OCH3 is 1. The molecule has 21 heavy (non-hydrogen) atoms. The molecule has 7 nitrogen and oxygen atoms in total. The van der Waals surface area contributed by atoms with Crippen LogP contribution in [-0.2, 0) is 10.0 Å². The standard InChI is InChI=1S/C13H20N4O3S/c1-20-12-5-3-11(4-6-12)16-13(14)15-7-10-8-17(9-10)21(2,18)19/h3-6,10H,7-9H2,1-2H3,(H3,14,15,16). The summed E-state index contributed by atoms with van der Waals surface area (Å²) in [6.45, 7) is 1.54. The number of nitrogens with one attached hydrogen (secondary N) is 1. The van der Waals surface area contributed by atoms with Gasteiger partial charge in [0.15, 0.2) is 5.96 Å². The van der Waals surface area contributed by atoms with E-state index >= 15 is 0 Å². The minimum absolute atomic E-state index is 0.232. The van der Waals surface area contributed by atoms with Crippen LogP contribution in [0.2, 0.25) is 0 Å². The second-order valence-electron chi connectivity index (χ2n) is 5.03. The summed E-state index contributed by atoms with van der Waals surface area (Å²) in [4.78, 5) is 4.23. The predicted octanol–water partition coefficient (Wildman–Crippen LogP) is 0.313. The number of aliphatic imine (C=N–C) groups is 1. The maximum Gasteiger partial charge on any atom is 0.211 e. The molecule has 0 radical (unpaired) electrons. The summed E-state index contributed by atoms with van der Waals surface area (Å²) in [5.41, 5.74) is 6.62. The molecule has 1 fully saturated rings. The Hall–Kier alpha value is -1.80. The van der Waals surface area contributed by atoms with Crippen molar-refractivity contribution in [1.82, 2.24) is 4.31 Å². The highest BCUT2D eigenvalue weighted by Crippen LogP contribution is 2.19. The van der Waals surface area contributed by atoms with Crippen LogP contribution in [-0.4, -0.2) is 51.7 Å². The SMILES string of the molecule is COc1ccc(NC(N)=NCC2CN(S(C)(=O)=O)C2)cc1. The molecule has 1 aromatic carbocycles. The molecule has 0 bridgehead atoms. The van der Waals surface area contributed by atoms with Gasteiger partial charge in [0, 0.05) is 31.2 Å². The van der Waals surface area contributed by atoms with Gasteiger partial charge >= 0.3 is 0 Å². The molecule has 0 spiro atoms. The molecule has 1 aromatic rings. The van der Waals surface area contributed by atoms with E-state index < -0.39 is 10.0 Å². The van der Waals surface area contributed by atoms with Gasteiger partial charge < -0.3 is 15.8 Å². The Labute approximate surface area is 124 Å². The van der Waals surface area contributed by atoms with Gasteiger partial charge in [0.05, 0.1) is 13.4 Å². The van der Waals surface area contributed by atoms with Crippen LogP contribution in [0.5, 0.6) is 5.75 Å². The molecule has 3 N–H and O–H groups in total. The van der Waals surface area contributed by atoms with Crippen LogP contribution in [0.25, 0.3) is 0 Å². The van der Waals surface area contributed by atoms with Gasteiger partial charge in [-0.1, -0.05) is 0 Å². The topological polar surface area (TPSA) is 97.0 Å². The lowest BCUT2D eigenvalue weighted by molar-refractivity contribution is 0.209. The fraction of sp³-hybridized carbons (Fsp3) is 0.462. The number of guanidine groups is 1. The summed E-state index contributed by atoms with van der Waals surface area (Å²) in [7, 11) is -1.46. The zero-order chi connectivity index (χ0) is 15.5. The van der Waals surface area contributed by atoms with Gasteiger partial charge in [0.2, 0.25) is 10.0 Å². The van der Waals surface area contributed by atoms with Crippen LogP contribution < -0.4 is 15.8 Å². The largest absolute Gasteiger partial charge is 0.497 e. The molecule has 1 heterocycles. The molecule has 1 saturated heterocycles. The lowest BCUT2D eigenvalue weighted by Gasteiger charge is -2.36. The van der Waals surface area contributed by atoms with E-state index in [0.29, 0.717) is 25.6 Å². The van der Waals surface area contributed by atoms with Crippen molar-refractivity contribution >= 4 is 21.7 Å². The van der Waals surface area contributed by atoms with Crippen LogP contribution in [0.1, 0.15) is 0 Å². The number of anilines is 1. The van der Waals surface area contributed by atoms with Gasteiger partial charge in [-0.2, -0.15) is 0 Å². The summed E-state index contributed by atoms with van der Waals surface area (Å²) in [6.07, 6.45) is 1.21. The average molecular weight is 312 g/mol. The first-order chi connectivity index (χ1) is 9.88. The van der Waals surface area contributed by atoms with E-state index in [9.17, 15) is 8.42 Å². The molecule has 0 atom stereocenters. The van der Waals surface area contributed by atoms with E-state index in [1.54, 1.807) is 7.11 Å². The van der Waals surface area contributed by atoms with Crippen molar-refractivity contribution in [3.05, 3.63) is 24.3 Å². The molecule has 1 aliphatic rings. The van der Waals surface area contributed by atoms with Gasteiger partial charge in [-0.3, -0.25) is 4.99 Å². The zero-order valence-electron chi connectivity index (χ0n) is 12.1. The van der Waals surface area contributed by atoms with Gasteiger partial charge in [0.1, 0.15) is 5.75 Å². The zero-order valence-corrected chi connectivity index (χ0v) is 12.9. The minimum atomic E-state index is -3.07. The Kier molecular flexibility index (Phi) is 4.69. The van der Waals surface area contributed by atoms with Crippen molar-refractivity contribution in [2.45, 2.75) is 0 Å². The molecule has 116 valence electrons. The highest BCUT2D eigenvalue weighted by molar-refractivity contribution is 7.88. The number of benzene rings is 1. The summed E-state index contributed by atoms with van der Waals surface area (Å²) in [6, 6.07) is 7.34. The molecule has 0 aromatic heterocycles. The van der Waals surface area contributed by atoms with Crippen molar-refractivity contribution in [3.63, 3.8) is 0 Å². The van der Waals surface area contributed by atoms with Gasteiger partial charge in [-0.25, -0.2) is 12.7 Å². The van der Waals surface area contributed by atoms with Crippen LogP contribution in [0.15, 0.2) is 29.3 Å². The molecule has 8 heteroatoms. The van der Waals surface area contributed by atoms with Gasteiger partial charge in [0.25, 0.3) is 0 Å². The second kappa shape index (κ2) is 6.31. The van der Waals surface area contributed by atoms with E-state index in [1.165, 1.54) is 10.6 Å². The maximum absolute atomic E-state index is 11.2. The van der Waals surface area contributed by atoms with E-state index in [1.807, 2.05) is 24.3 Å². The third kappa shape index (κ3) is 4.33. The van der Waals surface area contributed by atoms with Crippen LogP contribution in [0.4, 0.5) is 5.69 Å². The van der Waals surface area contributed by atoms with Crippen molar-refractivity contribution in [1.29, 1.82) is 0 Å².